The number of benzene rings is 1. The van der Waals surface area contributed by atoms with Crippen molar-refractivity contribution in [2.75, 3.05) is 17.8 Å². The molecule has 1 aromatic heterocycles. The van der Waals surface area contributed by atoms with Crippen molar-refractivity contribution in [3.05, 3.63) is 35.2 Å². The molecule has 5 nitrogen and oxygen atoms in total. The van der Waals surface area contributed by atoms with Gasteiger partial charge in [0.25, 0.3) is 0 Å². The summed E-state index contributed by atoms with van der Waals surface area (Å²) in [6, 6.07) is 7.16. The van der Waals surface area contributed by atoms with Crippen LogP contribution in [0, 0.1) is 0 Å². The lowest BCUT2D eigenvalue weighted by atomic mass is 10.2. The highest BCUT2D eigenvalue weighted by molar-refractivity contribution is 8.00. The van der Waals surface area contributed by atoms with Gasteiger partial charge in [-0.25, -0.2) is 8.42 Å². The Balaban J connectivity index is 2.00. The van der Waals surface area contributed by atoms with Crippen LogP contribution in [0.25, 0.3) is 11.4 Å². The second-order valence-electron chi connectivity index (χ2n) is 4.61. The number of rotatable bonds is 6. The molecule has 1 unspecified atom stereocenters. The van der Waals surface area contributed by atoms with Crippen LogP contribution < -0.4 is 0 Å². The molecule has 0 bridgehead atoms. The van der Waals surface area contributed by atoms with E-state index in [9.17, 15) is 8.42 Å². The van der Waals surface area contributed by atoms with Gasteiger partial charge >= 0.3 is 0 Å². The molecule has 0 spiro atoms. The maximum absolute atomic E-state index is 11.1. The summed E-state index contributed by atoms with van der Waals surface area (Å²) in [4.78, 5) is 4.33. The third kappa shape index (κ3) is 5.01. The summed E-state index contributed by atoms with van der Waals surface area (Å²) in [6.07, 6.45) is 1.23. The Bertz CT molecular complexity index is 698. The van der Waals surface area contributed by atoms with Crippen LogP contribution in [0.15, 0.2) is 28.8 Å². The standard InChI is InChI=1S/C13H15ClN2O3S2/c1-9(20-7-8-21(2,17)18)13-15-12(16-19-13)10-3-5-11(14)6-4-10/h3-6,9H,7-8H2,1-2H3. The zero-order chi connectivity index (χ0) is 15.5. The van der Waals surface area contributed by atoms with Gasteiger partial charge in [-0.1, -0.05) is 16.8 Å². The van der Waals surface area contributed by atoms with Crippen molar-refractivity contribution in [1.29, 1.82) is 0 Å². The average Bonchev–Trinajstić information content (AvgIpc) is 2.87. The van der Waals surface area contributed by atoms with Gasteiger partial charge in [0.1, 0.15) is 9.84 Å². The van der Waals surface area contributed by atoms with E-state index in [4.69, 9.17) is 16.1 Å². The van der Waals surface area contributed by atoms with E-state index in [1.807, 2.05) is 19.1 Å². The highest BCUT2D eigenvalue weighted by Gasteiger charge is 2.16. The Morgan fingerprint density at radius 2 is 2.00 bits per heavy atom. The van der Waals surface area contributed by atoms with Gasteiger partial charge in [-0.2, -0.15) is 4.98 Å². The molecule has 0 radical (unpaired) electrons. The van der Waals surface area contributed by atoms with E-state index in [-0.39, 0.29) is 11.0 Å². The highest BCUT2D eigenvalue weighted by atomic mass is 35.5. The van der Waals surface area contributed by atoms with E-state index < -0.39 is 9.84 Å². The molecule has 1 atom stereocenters. The molecule has 0 fully saturated rings. The Morgan fingerprint density at radius 1 is 1.33 bits per heavy atom. The molecule has 0 N–H and O–H groups in total. The van der Waals surface area contributed by atoms with Crippen molar-refractivity contribution in [1.82, 2.24) is 10.1 Å². The Hall–Kier alpha value is -1.05. The lowest BCUT2D eigenvalue weighted by Crippen LogP contribution is -2.06. The van der Waals surface area contributed by atoms with Crippen LogP contribution >= 0.6 is 23.4 Å². The second-order valence-corrected chi connectivity index (χ2v) is 8.75. The summed E-state index contributed by atoms with van der Waals surface area (Å²) < 4.78 is 27.4. The van der Waals surface area contributed by atoms with E-state index in [1.54, 1.807) is 12.1 Å². The van der Waals surface area contributed by atoms with Crippen LogP contribution in [-0.2, 0) is 9.84 Å². The monoisotopic (exact) mass is 346 g/mol. The summed E-state index contributed by atoms with van der Waals surface area (Å²) >= 11 is 7.30. The molecule has 0 aliphatic carbocycles. The lowest BCUT2D eigenvalue weighted by molar-refractivity contribution is 0.381. The van der Waals surface area contributed by atoms with Gasteiger partial charge in [0.05, 0.1) is 11.0 Å². The first-order valence-corrected chi connectivity index (χ1v) is 9.73. The Morgan fingerprint density at radius 3 is 2.62 bits per heavy atom. The van der Waals surface area contributed by atoms with E-state index in [1.165, 1.54) is 18.0 Å². The molecule has 0 aliphatic rings. The molecule has 0 amide bonds. The molecular formula is C13H15ClN2O3S2. The zero-order valence-electron chi connectivity index (χ0n) is 11.6. The fourth-order valence-electron chi connectivity index (χ4n) is 1.56. The van der Waals surface area contributed by atoms with Crippen LogP contribution in [0.2, 0.25) is 5.02 Å². The van der Waals surface area contributed by atoms with Crippen molar-refractivity contribution in [3.8, 4) is 11.4 Å². The van der Waals surface area contributed by atoms with Crippen LogP contribution in [-0.4, -0.2) is 36.3 Å². The smallest absolute Gasteiger partial charge is 0.239 e. The van der Waals surface area contributed by atoms with Gasteiger partial charge in [-0.05, 0) is 31.2 Å². The van der Waals surface area contributed by atoms with Crippen molar-refractivity contribution in [2.45, 2.75) is 12.2 Å². The number of thioether (sulfide) groups is 1. The maximum Gasteiger partial charge on any atom is 0.239 e. The van der Waals surface area contributed by atoms with Crippen molar-refractivity contribution in [2.24, 2.45) is 0 Å². The first-order chi connectivity index (χ1) is 9.85. The highest BCUT2D eigenvalue weighted by Crippen LogP contribution is 2.28. The predicted octanol–water partition coefficient (Wildman–Crippen LogP) is 3.23. The van der Waals surface area contributed by atoms with Gasteiger partial charge < -0.3 is 4.52 Å². The summed E-state index contributed by atoms with van der Waals surface area (Å²) in [5.74, 6) is 1.62. The van der Waals surface area contributed by atoms with Crippen LogP contribution in [0.3, 0.4) is 0 Å². The zero-order valence-corrected chi connectivity index (χ0v) is 14.0. The van der Waals surface area contributed by atoms with E-state index in [2.05, 4.69) is 10.1 Å². The van der Waals surface area contributed by atoms with Crippen molar-refractivity contribution >= 4 is 33.2 Å². The molecule has 2 rings (SSSR count). The summed E-state index contributed by atoms with van der Waals surface area (Å²) in [7, 11) is -2.94. The number of aromatic nitrogens is 2. The normalized spacial score (nSPS) is 13.3. The number of hydrogen-bond acceptors (Lipinski definition) is 6. The van der Waals surface area contributed by atoms with E-state index >= 15 is 0 Å². The fraction of sp³-hybridized carbons (Fsp3) is 0.385. The number of sulfone groups is 1. The molecule has 0 aliphatic heterocycles. The summed E-state index contributed by atoms with van der Waals surface area (Å²) in [5, 5.41) is 4.52. The average molecular weight is 347 g/mol. The van der Waals surface area contributed by atoms with Gasteiger partial charge in [-0.15, -0.1) is 11.8 Å². The van der Waals surface area contributed by atoms with E-state index in [0.29, 0.717) is 22.5 Å². The largest absolute Gasteiger partial charge is 0.338 e. The van der Waals surface area contributed by atoms with Crippen LogP contribution in [0.4, 0.5) is 0 Å². The van der Waals surface area contributed by atoms with Crippen LogP contribution in [0.1, 0.15) is 18.1 Å². The third-order valence-corrected chi connectivity index (χ3v) is 5.31. The Labute approximate surface area is 133 Å². The maximum atomic E-state index is 11.1. The predicted molar refractivity (Wildman–Crippen MR) is 85.3 cm³/mol. The molecule has 1 heterocycles. The van der Waals surface area contributed by atoms with Crippen molar-refractivity contribution in [3.63, 3.8) is 0 Å². The first-order valence-electron chi connectivity index (χ1n) is 6.24. The van der Waals surface area contributed by atoms with Gasteiger partial charge in [0.2, 0.25) is 11.7 Å². The SMILES string of the molecule is CC(SCCS(C)(=O)=O)c1nc(-c2ccc(Cl)cc2)no1. The fourth-order valence-corrected chi connectivity index (χ4v) is 3.88. The quantitative estimate of drug-likeness (QED) is 0.799. The number of nitrogens with zero attached hydrogens (tertiary/aromatic N) is 2. The van der Waals surface area contributed by atoms with Gasteiger partial charge in [0.15, 0.2) is 0 Å². The number of hydrogen-bond donors (Lipinski definition) is 0. The van der Waals surface area contributed by atoms with Gasteiger partial charge in [-0.3, -0.25) is 0 Å². The minimum atomic E-state index is -2.94. The summed E-state index contributed by atoms with van der Waals surface area (Å²) in [5.41, 5.74) is 0.822. The molecule has 114 valence electrons. The molecule has 0 saturated carbocycles. The third-order valence-electron chi connectivity index (χ3n) is 2.71. The number of halogens is 1. The summed E-state index contributed by atoms with van der Waals surface area (Å²) in [6.45, 7) is 1.91. The molecular weight excluding hydrogens is 332 g/mol. The minimum Gasteiger partial charge on any atom is -0.338 e. The molecule has 0 saturated heterocycles. The first kappa shape index (κ1) is 16.3. The second kappa shape index (κ2) is 6.81. The molecule has 2 aromatic rings. The van der Waals surface area contributed by atoms with Crippen LogP contribution in [0.5, 0.6) is 0 Å². The lowest BCUT2D eigenvalue weighted by Gasteiger charge is -2.04. The van der Waals surface area contributed by atoms with E-state index in [0.717, 1.165) is 5.56 Å². The minimum absolute atomic E-state index is 0.0553. The molecule has 1 aromatic carbocycles. The topological polar surface area (TPSA) is 73.1 Å². The Kier molecular flexibility index (Phi) is 5.29. The van der Waals surface area contributed by atoms with Crippen molar-refractivity contribution < 1.29 is 12.9 Å². The molecule has 21 heavy (non-hydrogen) atoms. The van der Waals surface area contributed by atoms with Gasteiger partial charge in [0, 0.05) is 22.6 Å². The molecule has 8 heteroatoms.